The van der Waals surface area contributed by atoms with E-state index < -0.39 is 0 Å². The molecule has 1 heterocycles. The molecule has 1 aromatic carbocycles. The summed E-state index contributed by atoms with van der Waals surface area (Å²) in [6.45, 7) is 6.04. The van der Waals surface area contributed by atoms with Crippen molar-refractivity contribution in [3.8, 4) is 0 Å². The first-order valence-electron chi connectivity index (χ1n) is 6.01. The molecule has 1 fully saturated rings. The summed E-state index contributed by atoms with van der Waals surface area (Å²) in [5, 5.41) is 0. The van der Waals surface area contributed by atoms with Crippen LogP contribution in [0.15, 0.2) is 18.2 Å². The largest absolute Gasteiger partial charge is 0.342 e. The fourth-order valence-corrected chi connectivity index (χ4v) is 2.23. The van der Waals surface area contributed by atoms with Gasteiger partial charge in [-0.25, -0.2) is 0 Å². The standard InChI is InChI=1S/C14H19NO/c1-11-5-6-12(2)13(9-11)10-14(16)15-7-3-4-8-15/h5-6,9H,3-4,7-8,10H2,1-2H3. The van der Waals surface area contributed by atoms with Crippen molar-refractivity contribution in [1.82, 2.24) is 4.90 Å². The van der Waals surface area contributed by atoms with Crippen molar-refractivity contribution in [3.05, 3.63) is 34.9 Å². The van der Waals surface area contributed by atoms with E-state index in [2.05, 4.69) is 32.0 Å². The molecule has 2 rings (SSSR count). The lowest BCUT2D eigenvalue weighted by Crippen LogP contribution is -2.29. The van der Waals surface area contributed by atoms with Gasteiger partial charge in [-0.15, -0.1) is 0 Å². The van der Waals surface area contributed by atoms with Crippen molar-refractivity contribution in [3.63, 3.8) is 0 Å². The van der Waals surface area contributed by atoms with Crippen molar-refractivity contribution in [2.24, 2.45) is 0 Å². The highest BCUT2D eigenvalue weighted by atomic mass is 16.2. The SMILES string of the molecule is Cc1ccc(C)c(CC(=O)N2CCCC2)c1. The van der Waals surface area contributed by atoms with E-state index in [9.17, 15) is 4.79 Å². The summed E-state index contributed by atoms with van der Waals surface area (Å²) in [5.74, 6) is 0.284. The number of amides is 1. The Hall–Kier alpha value is -1.31. The van der Waals surface area contributed by atoms with E-state index in [1.807, 2.05) is 4.90 Å². The Balaban J connectivity index is 2.07. The first kappa shape index (κ1) is 11.2. The highest BCUT2D eigenvalue weighted by Crippen LogP contribution is 2.14. The second kappa shape index (κ2) is 4.69. The normalized spacial score (nSPS) is 15.5. The zero-order valence-corrected chi connectivity index (χ0v) is 10.1. The molecule has 0 radical (unpaired) electrons. The van der Waals surface area contributed by atoms with Gasteiger partial charge in [-0.05, 0) is 37.8 Å². The Morgan fingerprint density at radius 1 is 1.25 bits per heavy atom. The Morgan fingerprint density at radius 3 is 2.62 bits per heavy atom. The molecular formula is C14H19NO. The molecule has 1 aliphatic rings. The van der Waals surface area contributed by atoms with Gasteiger partial charge < -0.3 is 4.90 Å². The number of carbonyl (C=O) groups excluding carboxylic acids is 1. The molecule has 0 bridgehead atoms. The van der Waals surface area contributed by atoms with Gasteiger partial charge >= 0.3 is 0 Å². The van der Waals surface area contributed by atoms with Crippen LogP contribution in [0.2, 0.25) is 0 Å². The van der Waals surface area contributed by atoms with Crippen molar-refractivity contribution in [2.75, 3.05) is 13.1 Å². The minimum atomic E-state index is 0.284. The predicted octanol–water partition coefficient (Wildman–Crippen LogP) is 2.47. The van der Waals surface area contributed by atoms with Gasteiger partial charge in [0.25, 0.3) is 0 Å². The number of hydrogen-bond acceptors (Lipinski definition) is 1. The van der Waals surface area contributed by atoms with Crippen LogP contribution in [0.1, 0.15) is 29.5 Å². The second-order valence-corrected chi connectivity index (χ2v) is 4.69. The van der Waals surface area contributed by atoms with E-state index in [-0.39, 0.29) is 5.91 Å². The highest BCUT2D eigenvalue weighted by molar-refractivity contribution is 5.79. The van der Waals surface area contributed by atoms with Gasteiger partial charge in [0.2, 0.25) is 5.91 Å². The molecule has 0 N–H and O–H groups in total. The van der Waals surface area contributed by atoms with Gasteiger partial charge in [0, 0.05) is 13.1 Å². The number of benzene rings is 1. The lowest BCUT2D eigenvalue weighted by Gasteiger charge is -2.16. The summed E-state index contributed by atoms with van der Waals surface area (Å²) in [4.78, 5) is 14.0. The fraction of sp³-hybridized carbons (Fsp3) is 0.500. The third-order valence-corrected chi connectivity index (χ3v) is 3.31. The van der Waals surface area contributed by atoms with E-state index >= 15 is 0 Å². The Bertz CT molecular complexity index is 392. The van der Waals surface area contributed by atoms with Crippen molar-refractivity contribution in [2.45, 2.75) is 33.1 Å². The summed E-state index contributed by atoms with van der Waals surface area (Å²) in [5.41, 5.74) is 3.63. The third-order valence-electron chi connectivity index (χ3n) is 3.31. The zero-order valence-electron chi connectivity index (χ0n) is 10.1. The van der Waals surface area contributed by atoms with E-state index in [1.54, 1.807) is 0 Å². The zero-order chi connectivity index (χ0) is 11.5. The minimum Gasteiger partial charge on any atom is -0.342 e. The van der Waals surface area contributed by atoms with Crippen LogP contribution in [-0.2, 0) is 11.2 Å². The second-order valence-electron chi connectivity index (χ2n) is 4.69. The van der Waals surface area contributed by atoms with Crippen LogP contribution in [0, 0.1) is 13.8 Å². The number of aryl methyl sites for hydroxylation is 2. The molecule has 1 aromatic rings. The minimum absolute atomic E-state index is 0.284. The molecular weight excluding hydrogens is 198 g/mol. The molecule has 1 amide bonds. The van der Waals surface area contributed by atoms with E-state index in [4.69, 9.17) is 0 Å². The lowest BCUT2D eigenvalue weighted by atomic mass is 10.0. The van der Waals surface area contributed by atoms with Crippen LogP contribution in [-0.4, -0.2) is 23.9 Å². The molecule has 0 aromatic heterocycles. The van der Waals surface area contributed by atoms with E-state index in [1.165, 1.54) is 29.5 Å². The summed E-state index contributed by atoms with van der Waals surface area (Å²) in [7, 11) is 0. The Morgan fingerprint density at radius 2 is 1.94 bits per heavy atom. The average Bonchev–Trinajstić information content (AvgIpc) is 2.76. The summed E-state index contributed by atoms with van der Waals surface area (Å²) >= 11 is 0. The molecule has 1 aliphatic heterocycles. The maximum Gasteiger partial charge on any atom is 0.226 e. The average molecular weight is 217 g/mol. The quantitative estimate of drug-likeness (QED) is 0.745. The van der Waals surface area contributed by atoms with Gasteiger partial charge in [-0.3, -0.25) is 4.79 Å². The number of likely N-dealkylation sites (tertiary alicyclic amines) is 1. The van der Waals surface area contributed by atoms with E-state index in [0.717, 1.165) is 13.1 Å². The molecule has 86 valence electrons. The summed E-state index contributed by atoms with van der Waals surface area (Å²) < 4.78 is 0. The van der Waals surface area contributed by atoms with Crippen LogP contribution in [0.25, 0.3) is 0 Å². The monoisotopic (exact) mass is 217 g/mol. The first-order valence-corrected chi connectivity index (χ1v) is 6.01. The maximum atomic E-state index is 12.0. The number of rotatable bonds is 2. The Kier molecular flexibility index (Phi) is 3.28. The topological polar surface area (TPSA) is 20.3 Å². The molecule has 2 heteroatoms. The van der Waals surface area contributed by atoms with Crippen LogP contribution in [0.3, 0.4) is 0 Å². The lowest BCUT2D eigenvalue weighted by molar-refractivity contribution is -0.129. The summed E-state index contributed by atoms with van der Waals surface area (Å²) in [6.07, 6.45) is 2.89. The molecule has 0 aliphatic carbocycles. The van der Waals surface area contributed by atoms with Gasteiger partial charge in [-0.2, -0.15) is 0 Å². The van der Waals surface area contributed by atoms with E-state index in [0.29, 0.717) is 6.42 Å². The Labute approximate surface area is 97.3 Å². The molecule has 0 saturated carbocycles. The first-order chi connectivity index (χ1) is 7.66. The van der Waals surface area contributed by atoms with Crippen LogP contribution >= 0.6 is 0 Å². The number of carbonyl (C=O) groups is 1. The molecule has 2 nitrogen and oxygen atoms in total. The van der Waals surface area contributed by atoms with Crippen molar-refractivity contribution >= 4 is 5.91 Å². The van der Waals surface area contributed by atoms with Crippen LogP contribution in [0.5, 0.6) is 0 Å². The van der Waals surface area contributed by atoms with Crippen LogP contribution < -0.4 is 0 Å². The van der Waals surface area contributed by atoms with Crippen LogP contribution in [0.4, 0.5) is 0 Å². The number of nitrogens with zero attached hydrogens (tertiary/aromatic N) is 1. The van der Waals surface area contributed by atoms with Gasteiger partial charge in [0.1, 0.15) is 0 Å². The van der Waals surface area contributed by atoms with Gasteiger partial charge in [0.05, 0.1) is 6.42 Å². The maximum absolute atomic E-state index is 12.0. The molecule has 0 spiro atoms. The molecule has 0 atom stereocenters. The predicted molar refractivity (Wildman–Crippen MR) is 65.4 cm³/mol. The third kappa shape index (κ3) is 2.43. The van der Waals surface area contributed by atoms with Crippen molar-refractivity contribution < 1.29 is 4.79 Å². The highest BCUT2D eigenvalue weighted by Gasteiger charge is 2.18. The molecule has 0 unspecified atom stereocenters. The number of hydrogen-bond donors (Lipinski definition) is 0. The molecule has 16 heavy (non-hydrogen) atoms. The van der Waals surface area contributed by atoms with Gasteiger partial charge in [-0.1, -0.05) is 23.8 Å². The van der Waals surface area contributed by atoms with Gasteiger partial charge in [0.15, 0.2) is 0 Å². The molecule has 1 saturated heterocycles. The fourth-order valence-electron chi connectivity index (χ4n) is 2.23. The summed E-state index contributed by atoms with van der Waals surface area (Å²) in [6, 6.07) is 6.32. The van der Waals surface area contributed by atoms with Crippen molar-refractivity contribution in [1.29, 1.82) is 0 Å². The smallest absolute Gasteiger partial charge is 0.226 e.